The van der Waals surface area contributed by atoms with E-state index < -0.39 is 16.1 Å². The number of nitrogens with zero attached hydrogens (tertiary/aromatic N) is 3. The van der Waals surface area contributed by atoms with Crippen molar-refractivity contribution >= 4 is 27.5 Å². The maximum atomic E-state index is 12.9. The average Bonchev–Trinajstić information content (AvgIpc) is 3.29. The highest BCUT2D eigenvalue weighted by molar-refractivity contribution is 7.92. The Morgan fingerprint density at radius 1 is 1.06 bits per heavy atom. The molecule has 0 fully saturated rings. The van der Waals surface area contributed by atoms with Gasteiger partial charge < -0.3 is 9.26 Å². The number of para-hydroxylation sites is 1. The van der Waals surface area contributed by atoms with E-state index in [1.54, 1.807) is 42.7 Å². The van der Waals surface area contributed by atoms with Crippen molar-refractivity contribution in [2.75, 3.05) is 17.1 Å². The molecule has 2 N–H and O–H groups in total. The molecular weight excluding hydrogens is 446 g/mol. The monoisotopic (exact) mass is 465 g/mol. The van der Waals surface area contributed by atoms with Gasteiger partial charge in [0, 0.05) is 23.6 Å². The van der Waals surface area contributed by atoms with E-state index in [9.17, 15) is 13.2 Å². The lowest BCUT2D eigenvalue weighted by atomic mass is 10.1. The van der Waals surface area contributed by atoms with Gasteiger partial charge in [-0.2, -0.15) is 4.98 Å². The van der Waals surface area contributed by atoms with E-state index in [1.807, 2.05) is 6.07 Å². The van der Waals surface area contributed by atoms with Gasteiger partial charge in [0.2, 0.25) is 11.7 Å². The molecule has 1 amide bonds. The van der Waals surface area contributed by atoms with Crippen molar-refractivity contribution in [2.24, 2.45) is 0 Å². The highest BCUT2D eigenvalue weighted by atomic mass is 32.2. The van der Waals surface area contributed by atoms with Gasteiger partial charge in [-0.05, 0) is 48.0 Å². The standard InChI is InChI=1S/C22H19N5O5S/c1-31-22(28)24-17-8-10-18(11-9-17)33(29,30)27-19-7-3-2-5-15(19)13-20-25-21(26-32-20)16-6-4-12-23-14-16/h2-12,14,27H,13H2,1H3,(H,24,28). The summed E-state index contributed by atoms with van der Waals surface area (Å²) in [6.45, 7) is 0. The Bertz CT molecular complexity index is 1360. The first kappa shape index (κ1) is 22.0. The highest BCUT2D eigenvalue weighted by Gasteiger charge is 2.18. The molecule has 4 rings (SSSR count). The third-order valence-electron chi connectivity index (χ3n) is 4.59. The molecule has 0 bridgehead atoms. The lowest BCUT2D eigenvalue weighted by molar-refractivity contribution is 0.187. The van der Waals surface area contributed by atoms with Crippen LogP contribution in [0.15, 0.2) is 82.5 Å². The third kappa shape index (κ3) is 5.33. The number of anilines is 2. The number of carbonyl (C=O) groups is 1. The summed E-state index contributed by atoms with van der Waals surface area (Å²) in [6, 6.07) is 16.2. The van der Waals surface area contributed by atoms with Gasteiger partial charge in [0.25, 0.3) is 10.0 Å². The molecule has 0 aliphatic carbocycles. The fourth-order valence-corrected chi connectivity index (χ4v) is 4.07. The number of hydrogen-bond acceptors (Lipinski definition) is 8. The van der Waals surface area contributed by atoms with E-state index in [0.717, 1.165) is 0 Å². The van der Waals surface area contributed by atoms with Gasteiger partial charge in [-0.3, -0.25) is 15.0 Å². The minimum atomic E-state index is -3.89. The molecule has 2 heterocycles. The number of sulfonamides is 1. The minimum absolute atomic E-state index is 0.0318. The van der Waals surface area contributed by atoms with Crippen LogP contribution in [0.2, 0.25) is 0 Å². The number of aromatic nitrogens is 3. The van der Waals surface area contributed by atoms with Crippen LogP contribution in [-0.4, -0.2) is 36.7 Å². The van der Waals surface area contributed by atoms with Crippen molar-refractivity contribution in [3.05, 3.63) is 84.5 Å². The quantitative estimate of drug-likeness (QED) is 0.422. The lowest BCUT2D eigenvalue weighted by Gasteiger charge is -2.12. The van der Waals surface area contributed by atoms with Gasteiger partial charge in [0.15, 0.2) is 0 Å². The third-order valence-corrected chi connectivity index (χ3v) is 5.97. The number of nitrogens with one attached hydrogen (secondary N) is 2. The van der Waals surface area contributed by atoms with Crippen LogP contribution < -0.4 is 10.0 Å². The normalized spacial score (nSPS) is 11.1. The zero-order valence-electron chi connectivity index (χ0n) is 17.4. The van der Waals surface area contributed by atoms with Crippen LogP contribution in [0.5, 0.6) is 0 Å². The number of hydrogen-bond donors (Lipinski definition) is 2. The largest absolute Gasteiger partial charge is 0.453 e. The molecule has 0 unspecified atom stereocenters. The first-order valence-electron chi connectivity index (χ1n) is 9.73. The molecular formula is C22H19N5O5S. The lowest BCUT2D eigenvalue weighted by Crippen LogP contribution is -2.15. The molecule has 0 saturated heterocycles. The van der Waals surface area contributed by atoms with Crippen molar-refractivity contribution in [1.82, 2.24) is 15.1 Å². The maximum Gasteiger partial charge on any atom is 0.411 e. The summed E-state index contributed by atoms with van der Waals surface area (Å²) in [4.78, 5) is 19.7. The van der Waals surface area contributed by atoms with Crippen molar-refractivity contribution in [1.29, 1.82) is 0 Å². The first-order valence-corrected chi connectivity index (χ1v) is 11.2. The second-order valence-electron chi connectivity index (χ2n) is 6.83. The van der Waals surface area contributed by atoms with Gasteiger partial charge in [0.05, 0.1) is 24.1 Å². The van der Waals surface area contributed by atoms with Crippen LogP contribution >= 0.6 is 0 Å². The molecule has 33 heavy (non-hydrogen) atoms. The van der Waals surface area contributed by atoms with E-state index in [2.05, 4.69) is 29.9 Å². The summed E-state index contributed by atoms with van der Waals surface area (Å²) in [5, 5.41) is 6.43. The summed E-state index contributed by atoms with van der Waals surface area (Å²) in [5.74, 6) is 0.732. The Hall–Kier alpha value is -4.25. The fraction of sp³-hybridized carbons (Fsp3) is 0.0909. The minimum Gasteiger partial charge on any atom is -0.453 e. The number of rotatable bonds is 7. The summed E-state index contributed by atoms with van der Waals surface area (Å²) >= 11 is 0. The Labute approximate surface area is 189 Å². The molecule has 0 aliphatic heterocycles. The second-order valence-corrected chi connectivity index (χ2v) is 8.52. The summed E-state index contributed by atoms with van der Waals surface area (Å²) in [6.07, 6.45) is 2.86. The number of ether oxygens (including phenoxy) is 1. The van der Waals surface area contributed by atoms with Gasteiger partial charge in [-0.1, -0.05) is 23.4 Å². The van der Waals surface area contributed by atoms with Crippen molar-refractivity contribution < 1.29 is 22.5 Å². The van der Waals surface area contributed by atoms with Crippen LogP contribution in [0.3, 0.4) is 0 Å². The fourth-order valence-electron chi connectivity index (χ4n) is 2.97. The number of carbonyl (C=O) groups excluding carboxylic acids is 1. The van der Waals surface area contributed by atoms with Gasteiger partial charge in [-0.15, -0.1) is 0 Å². The molecule has 11 heteroatoms. The Kier molecular flexibility index (Phi) is 6.31. The van der Waals surface area contributed by atoms with E-state index >= 15 is 0 Å². The molecule has 2 aromatic carbocycles. The van der Waals surface area contributed by atoms with Crippen LogP contribution in [0.25, 0.3) is 11.4 Å². The zero-order chi connectivity index (χ0) is 23.3. The van der Waals surface area contributed by atoms with Gasteiger partial charge >= 0.3 is 6.09 Å². The van der Waals surface area contributed by atoms with Crippen LogP contribution in [-0.2, 0) is 21.2 Å². The predicted molar refractivity (Wildman–Crippen MR) is 120 cm³/mol. The molecule has 168 valence electrons. The van der Waals surface area contributed by atoms with E-state index in [1.165, 1.54) is 31.4 Å². The average molecular weight is 465 g/mol. The van der Waals surface area contributed by atoms with E-state index in [4.69, 9.17) is 4.52 Å². The topological polar surface area (TPSA) is 136 Å². The Morgan fingerprint density at radius 2 is 1.85 bits per heavy atom. The molecule has 0 spiro atoms. The van der Waals surface area contributed by atoms with Crippen LogP contribution in [0, 0.1) is 0 Å². The summed E-state index contributed by atoms with van der Waals surface area (Å²) in [7, 11) is -2.65. The van der Waals surface area contributed by atoms with Crippen molar-refractivity contribution in [3.63, 3.8) is 0 Å². The highest BCUT2D eigenvalue weighted by Crippen LogP contribution is 2.24. The van der Waals surface area contributed by atoms with E-state index in [0.29, 0.717) is 34.2 Å². The van der Waals surface area contributed by atoms with Crippen LogP contribution in [0.4, 0.5) is 16.2 Å². The van der Waals surface area contributed by atoms with Gasteiger partial charge in [0.1, 0.15) is 0 Å². The molecule has 10 nitrogen and oxygen atoms in total. The SMILES string of the molecule is COC(=O)Nc1ccc(S(=O)(=O)Nc2ccccc2Cc2nc(-c3cccnc3)no2)cc1. The number of amides is 1. The summed E-state index contributed by atoms with van der Waals surface area (Å²) < 4.78 is 38.3. The molecule has 0 saturated carbocycles. The molecule has 0 atom stereocenters. The number of pyridine rings is 1. The van der Waals surface area contributed by atoms with Crippen LogP contribution in [0.1, 0.15) is 11.5 Å². The maximum absolute atomic E-state index is 12.9. The Balaban J connectivity index is 1.52. The number of methoxy groups -OCH3 is 1. The zero-order valence-corrected chi connectivity index (χ0v) is 18.2. The smallest absolute Gasteiger partial charge is 0.411 e. The first-order chi connectivity index (χ1) is 15.9. The van der Waals surface area contributed by atoms with Gasteiger partial charge in [-0.25, -0.2) is 13.2 Å². The molecule has 4 aromatic rings. The predicted octanol–water partition coefficient (Wildman–Crippen LogP) is 3.70. The van der Waals surface area contributed by atoms with Crippen molar-refractivity contribution in [3.8, 4) is 11.4 Å². The van der Waals surface area contributed by atoms with Crippen molar-refractivity contribution in [2.45, 2.75) is 11.3 Å². The second kappa shape index (κ2) is 9.49. The molecule has 0 aliphatic rings. The number of benzene rings is 2. The molecule has 0 radical (unpaired) electrons. The summed E-state index contributed by atoms with van der Waals surface area (Å²) in [5.41, 5.74) is 2.16. The Morgan fingerprint density at radius 3 is 2.58 bits per heavy atom. The molecule has 2 aromatic heterocycles. The van der Waals surface area contributed by atoms with E-state index in [-0.39, 0.29) is 11.3 Å².